The number of aromatic nitrogens is 2. The van der Waals surface area contributed by atoms with E-state index in [1.165, 1.54) is 18.3 Å². The first-order valence-corrected chi connectivity index (χ1v) is 8.42. The fraction of sp³-hybridized carbons (Fsp3) is 0.0556. The fourth-order valence-electron chi connectivity index (χ4n) is 2.81. The van der Waals surface area contributed by atoms with Gasteiger partial charge >= 0.3 is 0 Å². The Morgan fingerprint density at radius 1 is 1.16 bits per heavy atom. The minimum atomic E-state index is -0.457. The number of anilines is 1. The van der Waals surface area contributed by atoms with Gasteiger partial charge in [0.1, 0.15) is 0 Å². The Morgan fingerprint density at radius 3 is 2.68 bits per heavy atom. The smallest absolute Gasteiger partial charge is 0.250 e. The molecular formula is C18H14N4O2S. The first-order valence-electron chi connectivity index (χ1n) is 7.61. The lowest BCUT2D eigenvalue weighted by molar-refractivity contribution is -0.114. The molecule has 4 N–H and O–H groups in total. The Morgan fingerprint density at radius 2 is 1.92 bits per heavy atom. The highest BCUT2D eigenvalue weighted by Crippen LogP contribution is 2.32. The lowest BCUT2D eigenvalue weighted by Gasteiger charge is -2.03. The fourth-order valence-corrected chi connectivity index (χ4v) is 3.76. The van der Waals surface area contributed by atoms with Crippen molar-refractivity contribution in [1.82, 2.24) is 9.97 Å². The summed E-state index contributed by atoms with van der Waals surface area (Å²) in [6.45, 7) is 1.46. The number of nitrogens with two attached hydrogens (primary N) is 1. The Balaban J connectivity index is 1.80. The average molecular weight is 350 g/mol. The van der Waals surface area contributed by atoms with Gasteiger partial charge in [0, 0.05) is 24.0 Å². The SMILES string of the molecule is CC(=O)Nc1nc2ccc(-c3ccc4[nH]cc(C(N)=O)c4c3)cc2s1. The van der Waals surface area contributed by atoms with E-state index in [1.54, 1.807) is 6.20 Å². The standard InChI is InChI=1S/C18H14N4O2S/c1-9(23)21-18-22-15-5-3-11(7-16(15)25-18)10-2-4-14-12(6-10)13(8-20-14)17(19)24/h2-8,20H,1H3,(H2,19,24)(H,21,22,23). The average Bonchev–Trinajstić information content (AvgIpc) is 3.15. The summed E-state index contributed by atoms with van der Waals surface area (Å²) in [4.78, 5) is 30.2. The Bertz CT molecular complexity index is 1140. The highest BCUT2D eigenvalue weighted by atomic mass is 32.1. The number of thiazole rings is 1. The maximum atomic E-state index is 11.6. The van der Waals surface area contributed by atoms with E-state index in [1.807, 2.05) is 36.4 Å². The van der Waals surface area contributed by atoms with Gasteiger partial charge in [0.25, 0.3) is 5.91 Å². The first-order chi connectivity index (χ1) is 12.0. The molecule has 6 nitrogen and oxygen atoms in total. The normalized spacial score (nSPS) is 11.1. The molecule has 0 fully saturated rings. The van der Waals surface area contributed by atoms with Crippen LogP contribution in [0.4, 0.5) is 5.13 Å². The van der Waals surface area contributed by atoms with Crippen molar-refractivity contribution in [3.05, 3.63) is 48.2 Å². The van der Waals surface area contributed by atoms with Crippen molar-refractivity contribution < 1.29 is 9.59 Å². The van der Waals surface area contributed by atoms with E-state index in [4.69, 9.17) is 5.73 Å². The van der Waals surface area contributed by atoms with Crippen LogP contribution in [0.1, 0.15) is 17.3 Å². The summed E-state index contributed by atoms with van der Waals surface area (Å²) in [5.41, 5.74) is 9.58. The zero-order valence-electron chi connectivity index (χ0n) is 13.3. The quantitative estimate of drug-likeness (QED) is 0.527. The molecule has 0 aliphatic heterocycles. The van der Waals surface area contributed by atoms with E-state index >= 15 is 0 Å². The van der Waals surface area contributed by atoms with Gasteiger partial charge in [0.2, 0.25) is 5.91 Å². The monoisotopic (exact) mass is 350 g/mol. The van der Waals surface area contributed by atoms with Crippen LogP contribution in [0.15, 0.2) is 42.6 Å². The van der Waals surface area contributed by atoms with Crippen molar-refractivity contribution in [3.63, 3.8) is 0 Å². The van der Waals surface area contributed by atoms with Crippen molar-refractivity contribution in [1.29, 1.82) is 0 Å². The second kappa shape index (κ2) is 5.71. The summed E-state index contributed by atoms with van der Waals surface area (Å²) in [5, 5.41) is 4.09. The number of nitrogens with zero attached hydrogens (tertiary/aromatic N) is 1. The number of hydrogen-bond acceptors (Lipinski definition) is 4. The number of carbonyl (C=O) groups excluding carboxylic acids is 2. The van der Waals surface area contributed by atoms with E-state index in [0.717, 1.165) is 32.2 Å². The number of H-pyrrole nitrogens is 1. The number of aromatic amines is 1. The second-order valence-corrected chi connectivity index (χ2v) is 6.74. The molecule has 0 saturated carbocycles. The molecule has 4 aromatic rings. The van der Waals surface area contributed by atoms with Crippen molar-refractivity contribution in [2.45, 2.75) is 6.92 Å². The van der Waals surface area contributed by atoms with Gasteiger partial charge in [0.15, 0.2) is 5.13 Å². The molecule has 4 rings (SSSR count). The van der Waals surface area contributed by atoms with Crippen molar-refractivity contribution in [2.75, 3.05) is 5.32 Å². The van der Waals surface area contributed by atoms with Gasteiger partial charge in [-0.15, -0.1) is 0 Å². The molecule has 0 radical (unpaired) electrons. The molecule has 0 unspecified atom stereocenters. The minimum absolute atomic E-state index is 0.142. The summed E-state index contributed by atoms with van der Waals surface area (Å²) < 4.78 is 0.977. The van der Waals surface area contributed by atoms with Gasteiger partial charge in [-0.1, -0.05) is 23.5 Å². The molecule has 2 aromatic carbocycles. The second-order valence-electron chi connectivity index (χ2n) is 5.71. The third-order valence-corrected chi connectivity index (χ3v) is 4.89. The third-order valence-electron chi connectivity index (χ3n) is 3.95. The molecule has 0 aliphatic rings. The predicted octanol–water partition coefficient (Wildman–Crippen LogP) is 3.50. The van der Waals surface area contributed by atoms with Crippen LogP contribution >= 0.6 is 11.3 Å². The van der Waals surface area contributed by atoms with Gasteiger partial charge in [-0.3, -0.25) is 9.59 Å². The molecule has 2 amide bonds. The number of primary amides is 1. The highest BCUT2D eigenvalue weighted by Gasteiger charge is 2.11. The van der Waals surface area contributed by atoms with Gasteiger partial charge in [-0.25, -0.2) is 4.98 Å². The van der Waals surface area contributed by atoms with E-state index in [-0.39, 0.29) is 5.91 Å². The topological polar surface area (TPSA) is 101 Å². The number of fused-ring (bicyclic) bond motifs is 2. The molecule has 2 aromatic heterocycles. The summed E-state index contributed by atoms with van der Waals surface area (Å²) in [6.07, 6.45) is 1.63. The van der Waals surface area contributed by atoms with Crippen LogP contribution in [0.5, 0.6) is 0 Å². The number of nitrogens with one attached hydrogen (secondary N) is 2. The zero-order valence-corrected chi connectivity index (χ0v) is 14.1. The molecule has 124 valence electrons. The third kappa shape index (κ3) is 2.74. The largest absolute Gasteiger partial charge is 0.366 e. The highest BCUT2D eigenvalue weighted by molar-refractivity contribution is 7.22. The maximum Gasteiger partial charge on any atom is 0.250 e. The van der Waals surface area contributed by atoms with Crippen LogP contribution in [0, 0.1) is 0 Å². The van der Waals surface area contributed by atoms with Gasteiger partial charge in [0.05, 0.1) is 15.8 Å². The molecule has 0 aliphatic carbocycles. The van der Waals surface area contributed by atoms with E-state index in [2.05, 4.69) is 15.3 Å². The Kier molecular flexibility index (Phi) is 3.51. The number of amides is 2. The first kappa shape index (κ1) is 15.3. The molecule has 0 saturated heterocycles. The zero-order chi connectivity index (χ0) is 17.6. The Hall–Kier alpha value is -3.19. The number of benzene rings is 2. The van der Waals surface area contributed by atoms with Crippen molar-refractivity contribution in [3.8, 4) is 11.1 Å². The molecular weight excluding hydrogens is 336 g/mol. The minimum Gasteiger partial charge on any atom is -0.366 e. The summed E-state index contributed by atoms with van der Waals surface area (Å²) in [6, 6.07) is 11.8. The molecule has 2 heterocycles. The van der Waals surface area contributed by atoms with Gasteiger partial charge < -0.3 is 16.0 Å². The molecule has 0 atom stereocenters. The Labute approximate surface area is 146 Å². The van der Waals surface area contributed by atoms with Crippen molar-refractivity contribution in [2.24, 2.45) is 5.73 Å². The van der Waals surface area contributed by atoms with Crippen LogP contribution in [0.25, 0.3) is 32.2 Å². The molecule has 0 bridgehead atoms. The molecule has 25 heavy (non-hydrogen) atoms. The van der Waals surface area contributed by atoms with Crippen LogP contribution in [0.2, 0.25) is 0 Å². The van der Waals surface area contributed by atoms with E-state index < -0.39 is 5.91 Å². The summed E-state index contributed by atoms with van der Waals surface area (Å²) in [7, 11) is 0. The lowest BCUT2D eigenvalue weighted by atomic mass is 10.0. The number of hydrogen-bond donors (Lipinski definition) is 3. The van der Waals surface area contributed by atoms with Crippen LogP contribution in [0.3, 0.4) is 0 Å². The molecule has 7 heteroatoms. The predicted molar refractivity (Wildman–Crippen MR) is 99.7 cm³/mol. The van der Waals surface area contributed by atoms with E-state index in [9.17, 15) is 9.59 Å². The number of carbonyl (C=O) groups is 2. The van der Waals surface area contributed by atoms with Crippen LogP contribution in [-0.2, 0) is 4.79 Å². The van der Waals surface area contributed by atoms with Crippen LogP contribution < -0.4 is 11.1 Å². The number of rotatable bonds is 3. The van der Waals surface area contributed by atoms with Gasteiger partial charge in [-0.2, -0.15) is 0 Å². The lowest BCUT2D eigenvalue weighted by Crippen LogP contribution is -2.09. The molecule has 0 spiro atoms. The van der Waals surface area contributed by atoms with Gasteiger partial charge in [-0.05, 0) is 35.4 Å². The van der Waals surface area contributed by atoms with Crippen LogP contribution in [-0.4, -0.2) is 21.8 Å². The maximum absolute atomic E-state index is 11.6. The summed E-state index contributed by atoms with van der Waals surface area (Å²) >= 11 is 1.42. The van der Waals surface area contributed by atoms with Crippen molar-refractivity contribution >= 4 is 49.4 Å². The van der Waals surface area contributed by atoms with E-state index in [0.29, 0.717) is 10.7 Å². The summed E-state index contributed by atoms with van der Waals surface area (Å²) in [5.74, 6) is -0.600.